The summed E-state index contributed by atoms with van der Waals surface area (Å²) in [6.45, 7) is 7.51. The maximum absolute atomic E-state index is 5.80. The van der Waals surface area contributed by atoms with Gasteiger partial charge in [-0.05, 0) is 31.2 Å². The Kier molecular flexibility index (Phi) is 3.06. The van der Waals surface area contributed by atoms with Gasteiger partial charge in [-0.2, -0.15) is 5.10 Å². The van der Waals surface area contributed by atoms with E-state index in [1.807, 2.05) is 11.7 Å². The third kappa shape index (κ3) is 2.13. The van der Waals surface area contributed by atoms with Crippen LogP contribution in [0.25, 0.3) is 0 Å². The van der Waals surface area contributed by atoms with Crippen molar-refractivity contribution >= 4 is 0 Å². The molecule has 0 radical (unpaired) electrons. The average Bonchev–Trinajstić information content (AvgIpc) is 2.53. The molecule has 0 unspecified atom stereocenters. The molecule has 0 bridgehead atoms. The van der Waals surface area contributed by atoms with Gasteiger partial charge in [0.15, 0.2) is 0 Å². The molecule has 0 saturated heterocycles. The van der Waals surface area contributed by atoms with Gasteiger partial charge in [0.05, 0.1) is 5.69 Å². The monoisotopic (exact) mass is 235 g/mol. The Hall–Kier alpha value is -0.830. The Labute approximate surface area is 104 Å². The lowest BCUT2D eigenvalue weighted by atomic mass is 9.61. The lowest BCUT2D eigenvalue weighted by Crippen LogP contribution is -2.38. The first-order valence-corrected chi connectivity index (χ1v) is 6.64. The second kappa shape index (κ2) is 4.13. The Balaban J connectivity index is 2.43. The van der Waals surface area contributed by atoms with Crippen molar-refractivity contribution in [1.82, 2.24) is 9.78 Å². The van der Waals surface area contributed by atoms with Crippen molar-refractivity contribution < 1.29 is 0 Å². The molecule has 17 heavy (non-hydrogen) atoms. The summed E-state index contributed by atoms with van der Waals surface area (Å²) in [4.78, 5) is 0. The molecule has 0 spiro atoms. The van der Waals surface area contributed by atoms with Crippen molar-refractivity contribution in [1.29, 1.82) is 0 Å². The molecule has 1 aliphatic rings. The number of nitrogens with two attached hydrogens (primary N) is 1. The van der Waals surface area contributed by atoms with Crippen LogP contribution in [0.1, 0.15) is 57.7 Å². The summed E-state index contributed by atoms with van der Waals surface area (Å²) in [6, 6.07) is 0. The van der Waals surface area contributed by atoms with Gasteiger partial charge in [-0.1, -0.05) is 27.2 Å². The van der Waals surface area contributed by atoms with Crippen LogP contribution in [0.5, 0.6) is 0 Å². The molecule has 0 atom stereocenters. The van der Waals surface area contributed by atoms with Gasteiger partial charge in [0, 0.05) is 24.2 Å². The Morgan fingerprint density at radius 2 is 2.06 bits per heavy atom. The fraction of sp³-hybridized carbons (Fsp3) is 0.786. The van der Waals surface area contributed by atoms with Crippen LogP contribution >= 0.6 is 0 Å². The molecule has 1 heterocycles. The molecule has 1 aliphatic carbocycles. The maximum atomic E-state index is 5.80. The van der Waals surface area contributed by atoms with Gasteiger partial charge < -0.3 is 5.73 Å². The molecule has 0 aromatic carbocycles. The van der Waals surface area contributed by atoms with E-state index in [1.165, 1.54) is 30.5 Å². The van der Waals surface area contributed by atoms with Gasteiger partial charge in [0.2, 0.25) is 0 Å². The number of nitrogens with zero attached hydrogens (tertiary/aromatic N) is 2. The van der Waals surface area contributed by atoms with Gasteiger partial charge in [0.25, 0.3) is 0 Å². The second-order valence-electron chi connectivity index (χ2n) is 6.49. The summed E-state index contributed by atoms with van der Waals surface area (Å²) >= 11 is 0. The summed E-state index contributed by atoms with van der Waals surface area (Å²) in [5.74, 6) is 0. The molecule has 0 aliphatic heterocycles. The Morgan fingerprint density at radius 3 is 2.47 bits per heavy atom. The molecule has 1 aromatic heterocycles. The van der Waals surface area contributed by atoms with Crippen LogP contribution in [0.15, 0.2) is 6.20 Å². The third-order valence-corrected chi connectivity index (χ3v) is 4.04. The summed E-state index contributed by atoms with van der Waals surface area (Å²) in [7, 11) is 2.02. The average molecular weight is 235 g/mol. The van der Waals surface area contributed by atoms with Crippen molar-refractivity contribution in [3.8, 4) is 0 Å². The van der Waals surface area contributed by atoms with Crippen molar-refractivity contribution in [3.05, 3.63) is 17.5 Å². The molecule has 96 valence electrons. The maximum Gasteiger partial charge on any atom is 0.0715 e. The van der Waals surface area contributed by atoms with Crippen molar-refractivity contribution in [3.63, 3.8) is 0 Å². The molecule has 1 fully saturated rings. The van der Waals surface area contributed by atoms with Crippen LogP contribution in [0.4, 0.5) is 0 Å². The van der Waals surface area contributed by atoms with Gasteiger partial charge in [-0.3, -0.25) is 4.68 Å². The van der Waals surface area contributed by atoms with Crippen LogP contribution in [-0.4, -0.2) is 16.3 Å². The third-order valence-electron chi connectivity index (χ3n) is 4.04. The predicted molar refractivity (Wildman–Crippen MR) is 71.1 cm³/mol. The first-order chi connectivity index (χ1) is 7.89. The van der Waals surface area contributed by atoms with Crippen LogP contribution in [-0.2, 0) is 17.9 Å². The number of aromatic nitrogens is 2. The van der Waals surface area contributed by atoms with Crippen LogP contribution in [0.3, 0.4) is 0 Å². The Bertz CT molecular complexity index is 394. The molecular weight excluding hydrogens is 210 g/mol. The minimum Gasteiger partial charge on any atom is -0.330 e. The van der Waals surface area contributed by atoms with Crippen LogP contribution < -0.4 is 5.73 Å². The molecule has 1 aromatic rings. The van der Waals surface area contributed by atoms with E-state index in [2.05, 4.69) is 32.1 Å². The van der Waals surface area contributed by atoms with Gasteiger partial charge in [-0.15, -0.1) is 0 Å². The van der Waals surface area contributed by atoms with E-state index in [0.717, 1.165) is 13.0 Å². The van der Waals surface area contributed by atoms with Crippen molar-refractivity contribution in [2.24, 2.45) is 12.8 Å². The summed E-state index contributed by atoms with van der Waals surface area (Å²) in [6.07, 6.45) is 7.20. The normalized spacial score (nSPS) is 19.1. The first-order valence-electron chi connectivity index (χ1n) is 6.64. The quantitative estimate of drug-likeness (QED) is 0.874. The predicted octanol–water partition coefficient (Wildman–Crippen LogP) is 2.49. The highest BCUT2D eigenvalue weighted by molar-refractivity contribution is 5.34. The molecule has 3 nitrogen and oxygen atoms in total. The molecule has 1 saturated carbocycles. The lowest BCUT2D eigenvalue weighted by Gasteiger charge is -2.43. The van der Waals surface area contributed by atoms with E-state index >= 15 is 0 Å². The minimum atomic E-state index is 0.119. The summed E-state index contributed by atoms with van der Waals surface area (Å²) in [5.41, 5.74) is 8.95. The molecule has 3 heteroatoms. The summed E-state index contributed by atoms with van der Waals surface area (Å²) < 4.78 is 1.96. The van der Waals surface area contributed by atoms with Crippen molar-refractivity contribution in [2.45, 2.75) is 57.3 Å². The summed E-state index contributed by atoms with van der Waals surface area (Å²) in [5, 5.41) is 4.69. The highest BCUT2D eigenvalue weighted by Gasteiger charge is 2.42. The topological polar surface area (TPSA) is 43.8 Å². The standard InChI is InChI=1S/C14H25N3/c1-13(2,3)12-11(10-17(4)16-12)14(8-9-15)6-5-7-14/h10H,5-9,15H2,1-4H3. The smallest absolute Gasteiger partial charge is 0.0715 e. The van der Waals surface area contributed by atoms with Crippen LogP contribution in [0, 0.1) is 0 Å². The molecule has 0 amide bonds. The van der Waals surface area contributed by atoms with E-state index in [4.69, 9.17) is 5.73 Å². The van der Waals surface area contributed by atoms with E-state index < -0.39 is 0 Å². The van der Waals surface area contributed by atoms with Crippen LogP contribution in [0.2, 0.25) is 0 Å². The first kappa shape index (κ1) is 12.6. The fourth-order valence-electron chi connectivity index (χ4n) is 2.96. The highest BCUT2D eigenvalue weighted by Crippen LogP contribution is 2.48. The number of rotatable bonds is 3. The second-order valence-corrected chi connectivity index (χ2v) is 6.49. The van der Waals surface area contributed by atoms with Gasteiger partial charge in [-0.25, -0.2) is 0 Å². The number of hydrogen-bond acceptors (Lipinski definition) is 2. The minimum absolute atomic E-state index is 0.119. The van der Waals surface area contributed by atoms with Gasteiger partial charge >= 0.3 is 0 Å². The lowest BCUT2D eigenvalue weighted by molar-refractivity contribution is 0.225. The van der Waals surface area contributed by atoms with Gasteiger partial charge in [0.1, 0.15) is 0 Å². The fourth-order valence-corrected chi connectivity index (χ4v) is 2.96. The molecule has 2 N–H and O–H groups in total. The SMILES string of the molecule is Cn1cc(C2(CCN)CCC2)c(C(C)(C)C)n1. The van der Waals surface area contributed by atoms with Crippen molar-refractivity contribution in [2.75, 3.05) is 6.54 Å². The van der Waals surface area contributed by atoms with E-state index in [1.54, 1.807) is 0 Å². The van der Waals surface area contributed by atoms with E-state index in [9.17, 15) is 0 Å². The highest BCUT2D eigenvalue weighted by atomic mass is 15.3. The molecular formula is C14H25N3. The molecule has 2 rings (SSSR count). The van der Waals surface area contributed by atoms with E-state index in [-0.39, 0.29) is 5.41 Å². The van der Waals surface area contributed by atoms with E-state index in [0.29, 0.717) is 5.41 Å². The number of aryl methyl sites for hydroxylation is 1. The zero-order chi connectivity index (χ0) is 12.7. The number of hydrogen-bond donors (Lipinski definition) is 1. The largest absolute Gasteiger partial charge is 0.330 e. The zero-order valence-corrected chi connectivity index (χ0v) is 11.6. The zero-order valence-electron chi connectivity index (χ0n) is 11.6. The Morgan fingerprint density at radius 1 is 1.41 bits per heavy atom.